The Morgan fingerprint density at radius 3 is 1.95 bits per heavy atom. The van der Waals surface area contributed by atoms with Crippen LogP contribution in [0.2, 0.25) is 0 Å². The summed E-state index contributed by atoms with van der Waals surface area (Å²) in [7, 11) is 1.72. The van der Waals surface area contributed by atoms with E-state index in [1.165, 1.54) is 21.7 Å². The summed E-state index contributed by atoms with van der Waals surface area (Å²) >= 11 is 0. The van der Waals surface area contributed by atoms with Gasteiger partial charge in [-0.05, 0) is 30.9 Å². The van der Waals surface area contributed by atoms with E-state index in [2.05, 4.69) is 48.9 Å². The van der Waals surface area contributed by atoms with E-state index in [-0.39, 0.29) is 0 Å². The molecule has 0 heterocycles. The first-order valence-electron chi connectivity index (χ1n) is 7.03. The molecule has 0 aliphatic rings. The van der Waals surface area contributed by atoms with Crippen LogP contribution in [-0.4, -0.2) is 17.9 Å². The van der Waals surface area contributed by atoms with Crippen molar-refractivity contribution < 1.29 is 0 Å². The normalized spacial score (nSPS) is 10.4. The van der Waals surface area contributed by atoms with E-state index in [0.717, 1.165) is 18.4 Å². The lowest BCUT2D eigenvalue weighted by atomic mass is 10.0. The van der Waals surface area contributed by atoms with Crippen LogP contribution in [0.3, 0.4) is 0 Å². The van der Waals surface area contributed by atoms with Gasteiger partial charge in [-0.1, -0.05) is 54.1 Å². The van der Waals surface area contributed by atoms with Gasteiger partial charge in [0.1, 0.15) is 5.84 Å². The maximum atomic E-state index is 7.95. The zero-order valence-corrected chi connectivity index (χ0v) is 12.6. The number of hydrogen-bond acceptors (Lipinski definition) is 3. The van der Waals surface area contributed by atoms with Crippen LogP contribution in [0.5, 0.6) is 0 Å². The molecule has 21 heavy (non-hydrogen) atoms. The van der Waals surface area contributed by atoms with Crippen molar-refractivity contribution in [1.29, 1.82) is 5.41 Å². The Labute approximate surface area is 126 Å². The monoisotopic (exact) mass is 282 g/mol. The predicted octanol–water partition coefficient (Wildman–Crippen LogP) is 2.42. The molecule has 0 aliphatic carbocycles. The van der Waals surface area contributed by atoms with Gasteiger partial charge in [-0.25, -0.2) is 0 Å². The Bertz CT molecular complexity index is 587. The van der Waals surface area contributed by atoms with Crippen molar-refractivity contribution in [3.05, 3.63) is 70.8 Å². The molecule has 2 aromatic rings. The molecule has 0 bridgehead atoms. The summed E-state index contributed by atoms with van der Waals surface area (Å²) in [6, 6.07) is 16.7. The molecular formula is C17H22N4. The minimum atomic E-state index is 0.350. The molecule has 0 saturated carbocycles. The van der Waals surface area contributed by atoms with Gasteiger partial charge in [0.05, 0.1) is 0 Å². The average molecular weight is 282 g/mol. The summed E-state index contributed by atoms with van der Waals surface area (Å²) in [4.78, 5) is 0. The van der Waals surface area contributed by atoms with Gasteiger partial charge in [0.15, 0.2) is 0 Å². The summed E-state index contributed by atoms with van der Waals surface area (Å²) in [5, 5.41) is 9.42. The van der Waals surface area contributed by atoms with E-state index in [9.17, 15) is 0 Å². The van der Waals surface area contributed by atoms with Gasteiger partial charge >= 0.3 is 0 Å². The summed E-state index contributed by atoms with van der Waals surface area (Å²) < 4.78 is 0. The fraction of sp³-hybridized carbons (Fsp3) is 0.235. The molecule has 0 aliphatic heterocycles. The number of nitrogens with two attached hydrogens (primary N) is 1. The largest absolute Gasteiger partial charge is 0.283 e. The van der Waals surface area contributed by atoms with Crippen LogP contribution < -0.4 is 11.4 Å². The number of amidine groups is 1. The first kappa shape index (κ1) is 15.2. The van der Waals surface area contributed by atoms with E-state index in [1.54, 1.807) is 7.05 Å². The third-order valence-electron chi connectivity index (χ3n) is 3.58. The second-order valence-corrected chi connectivity index (χ2v) is 5.22. The zero-order valence-electron chi connectivity index (χ0n) is 12.6. The third-order valence-corrected chi connectivity index (χ3v) is 3.58. The summed E-state index contributed by atoms with van der Waals surface area (Å²) in [6.07, 6.45) is 2.03. The Kier molecular flexibility index (Phi) is 5.09. The number of nitrogens with zero attached hydrogens (tertiary/aromatic N) is 1. The molecule has 0 aromatic heterocycles. The van der Waals surface area contributed by atoms with E-state index in [0.29, 0.717) is 5.84 Å². The molecule has 0 saturated heterocycles. The summed E-state index contributed by atoms with van der Waals surface area (Å²) in [5.41, 5.74) is 7.20. The molecule has 2 rings (SSSR count). The quantitative estimate of drug-likeness (QED) is 0.341. The van der Waals surface area contributed by atoms with E-state index in [4.69, 9.17) is 11.3 Å². The number of nitrogens with one attached hydrogen (secondary N) is 2. The second kappa shape index (κ2) is 7.02. The highest BCUT2D eigenvalue weighted by Gasteiger charge is 2.05. The number of benzene rings is 2. The van der Waals surface area contributed by atoms with Crippen LogP contribution in [0, 0.1) is 12.3 Å². The molecule has 2 aromatic carbocycles. The molecule has 4 heteroatoms. The maximum absolute atomic E-state index is 7.95. The van der Waals surface area contributed by atoms with Gasteiger partial charge in [-0.2, -0.15) is 5.53 Å². The standard InChI is InChI=1S/C17H22N4/c1-13-3-5-14(6-4-13)7-8-15-9-11-16(12-10-15)17(18)21(2)20-19/h3-6,9-12,18,20H,7-8,19H2,1-2H3. The highest BCUT2D eigenvalue weighted by molar-refractivity contribution is 5.95. The molecule has 110 valence electrons. The highest BCUT2D eigenvalue weighted by atomic mass is 15.6. The van der Waals surface area contributed by atoms with E-state index < -0.39 is 0 Å². The van der Waals surface area contributed by atoms with Crippen LogP contribution >= 0.6 is 0 Å². The van der Waals surface area contributed by atoms with Crippen LogP contribution in [-0.2, 0) is 12.8 Å². The first-order valence-corrected chi connectivity index (χ1v) is 7.03. The van der Waals surface area contributed by atoms with E-state index >= 15 is 0 Å². The Morgan fingerprint density at radius 2 is 1.48 bits per heavy atom. The van der Waals surface area contributed by atoms with Crippen molar-refractivity contribution in [2.75, 3.05) is 7.05 Å². The first-order chi connectivity index (χ1) is 10.1. The number of hydrazine groups is 2. The molecule has 0 radical (unpaired) electrons. The maximum Gasteiger partial charge on any atom is 0.143 e. The molecule has 0 fully saturated rings. The molecule has 4 N–H and O–H groups in total. The van der Waals surface area contributed by atoms with Crippen molar-refractivity contribution in [2.45, 2.75) is 19.8 Å². The lowest BCUT2D eigenvalue weighted by molar-refractivity contribution is 0.375. The number of rotatable bonds is 5. The molecule has 0 amide bonds. The van der Waals surface area contributed by atoms with Gasteiger partial charge in [0.25, 0.3) is 0 Å². The lowest BCUT2D eigenvalue weighted by Crippen LogP contribution is -2.43. The second-order valence-electron chi connectivity index (χ2n) is 5.22. The number of aryl methyl sites for hydroxylation is 3. The lowest BCUT2D eigenvalue weighted by Gasteiger charge is -2.17. The smallest absolute Gasteiger partial charge is 0.143 e. The Balaban J connectivity index is 1.96. The minimum absolute atomic E-state index is 0.350. The SMILES string of the molecule is Cc1ccc(CCc2ccc(C(=N)N(C)NN)cc2)cc1. The van der Waals surface area contributed by atoms with E-state index in [1.807, 2.05) is 12.1 Å². The fourth-order valence-electron chi connectivity index (χ4n) is 2.13. The van der Waals surface area contributed by atoms with Crippen molar-refractivity contribution >= 4 is 5.84 Å². The van der Waals surface area contributed by atoms with Crippen LogP contribution in [0.15, 0.2) is 48.5 Å². The summed E-state index contributed by atoms with van der Waals surface area (Å²) in [5.74, 6) is 5.65. The Morgan fingerprint density at radius 1 is 1.00 bits per heavy atom. The fourth-order valence-corrected chi connectivity index (χ4v) is 2.13. The summed E-state index contributed by atoms with van der Waals surface area (Å²) in [6.45, 7) is 2.10. The van der Waals surface area contributed by atoms with Crippen LogP contribution in [0.1, 0.15) is 22.3 Å². The average Bonchev–Trinajstić information content (AvgIpc) is 2.53. The van der Waals surface area contributed by atoms with Gasteiger partial charge in [-0.3, -0.25) is 16.3 Å². The molecule has 0 atom stereocenters. The molecule has 4 nitrogen and oxygen atoms in total. The molecule has 0 spiro atoms. The van der Waals surface area contributed by atoms with Crippen LogP contribution in [0.25, 0.3) is 0 Å². The topological polar surface area (TPSA) is 65.1 Å². The van der Waals surface area contributed by atoms with Gasteiger partial charge in [0.2, 0.25) is 0 Å². The number of hydrogen-bond donors (Lipinski definition) is 3. The minimum Gasteiger partial charge on any atom is -0.283 e. The van der Waals surface area contributed by atoms with Crippen molar-refractivity contribution in [3.63, 3.8) is 0 Å². The van der Waals surface area contributed by atoms with Gasteiger partial charge in [0, 0.05) is 12.6 Å². The molecular weight excluding hydrogens is 260 g/mol. The molecule has 0 unspecified atom stereocenters. The van der Waals surface area contributed by atoms with Crippen molar-refractivity contribution in [3.8, 4) is 0 Å². The third kappa shape index (κ3) is 4.15. The van der Waals surface area contributed by atoms with Crippen molar-refractivity contribution in [1.82, 2.24) is 10.5 Å². The van der Waals surface area contributed by atoms with Crippen LogP contribution in [0.4, 0.5) is 0 Å². The zero-order chi connectivity index (χ0) is 15.2. The predicted molar refractivity (Wildman–Crippen MR) is 86.9 cm³/mol. The Hall–Kier alpha value is -2.17. The van der Waals surface area contributed by atoms with Gasteiger partial charge in [-0.15, -0.1) is 0 Å². The van der Waals surface area contributed by atoms with Crippen molar-refractivity contribution in [2.24, 2.45) is 5.84 Å². The van der Waals surface area contributed by atoms with Gasteiger partial charge < -0.3 is 0 Å². The highest BCUT2D eigenvalue weighted by Crippen LogP contribution is 2.11.